The molecule has 0 saturated carbocycles. The lowest BCUT2D eigenvalue weighted by molar-refractivity contribution is 0.0513. The van der Waals surface area contributed by atoms with Gasteiger partial charge in [0.1, 0.15) is 11.5 Å². The van der Waals surface area contributed by atoms with E-state index in [1.54, 1.807) is 5.38 Å². The zero-order valence-corrected chi connectivity index (χ0v) is 13.1. The number of amides is 1. The van der Waals surface area contributed by atoms with E-state index in [2.05, 4.69) is 23.4 Å². The molecule has 2 aromatic rings. The van der Waals surface area contributed by atoms with Crippen molar-refractivity contribution in [3.8, 4) is 0 Å². The summed E-state index contributed by atoms with van der Waals surface area (Å²) in [5, 5.41) is 5.61. The van der Waals surface area contributed by atoms with Gasteiger partial charge in [0, 0.05) is 18.3 Å². The van der Waals surface area contributed by atoms with Crippen molar-refractivity contribution in [2.45, 2.75) is 39.2 Å². The molecule has 0 N–H and O–H groups in total. The van der Waals surface area contributed by atoms with Crippen LogP contribution in [0.25, 0.3) is 0 Å². The predicted octanol–water partition coefficient (Wildman–Crippen LogP) is 3.31. The Labute approximate surface area is 128 Å². The number of furan rings is 1. The van der Waals surface area contributed by atoms with Crippen LogP contribution in [-0.4, -0.2) is 26.9 Å². The number of likely N-dealkylation sites (tertiary alicyclic amines) is 1. The minimum Gasteiger partial charge on any atom is -0.464 e. The Kier molecular flexibility index (Phi) is 4.05. The fraction of sp³-hybridized carbons (Fsp3) is 0.533. The van der Waals surface area contributed by atoms with E-state index >= 15 is 0 Å². The second-order valence-electron chi connectivity index (χ2n) is 5.59. The molecule has 112 valence electrons. The molecule has 5 nitrogen and oxygen atoms in total. The van der Waals surface area contributed by atoms with Gasteiger partial charge < -0.3 is 9.32 Å². The molecule has 1 aliphatic rings. The molecule has 0 radical (unpaired) electrons. The van der Waals surface area contributed by atoms with Gasteiger partial charge in [-0.1, -0.05) is 18.3 Å². The normalized spacial score (nSPS) is 22.5. The monoisotopic (exact) mass is 305 g/mol. The van der Waals surface area contributed by atoms with Gasteiger partial charge in [-0.15, -0.1) is 5.10 Å². The van der Waals surface area contributed by atoms with Gasteiger partial charge in [0.2, 0.25) is 0 Å². The average Bonchev–Trinajstić information content (AvgIpc) is 3.18. The molecule has 2 atom stereocenters. The summed E-state index contributed by atoms with van der Waals surface area (Å²) in [4.78, 5) is 14.5. The minimum absolute atomic E-state index is 0.00301. The topological polar surface area (TPSA) is 59.2 Å². The van der Waals surface area contributed by atoms with E-state index in [1.165, 1.54) is 11.5 Å². The van der Waals surface area contributed by atoms with E-state index < -0.39 is 0 Å². The second kappa shape index (κ2) is 5.97. The van der Waals surface area contributed by atoms with Crippen LogP contribution in [0, 0.1) is 5.92 Å². The summed E-state index contributed by atoms with van der Waals surface area (Å²) >= 11 is 1.21. The second-order valence-corrected chi connectivity index (χ2v) is 6.20. The molecule has 2 aromatic heterocycles. The van der Waals surface area contributed by atoms with E-state index in [9.17, 15) is 4.79 Å². The quantitative estimate of drug-likeness (QED) is 0.873. The largest absolute Gasteiger partial charge is 0.464 e. The maximum atomic E-state index is 12.6. The smallest absolute Gasteiger partial charge is 0.275 e. The van der Waals surface area contributed by atoms with Crippen LogP contribution < -0.4 is 0 Å². The average molecular weight is 305 g/mol. The van der Waals surface area contributed by atoms with E-state index in [-0.39, 0.29) is 11.9 Å². The lowest BCUT2D eigenvalue weighted by atomic mass is 9.91. The van der Waals surface area contributed by atoms with Gasteiger partial charge in [-0.05, 0) is 42.4 Å². The highest BCUT2D eigenvalue weighted by molar-refractivity contribution is 7.03. The molecular weight excluding hydrogens is 286 g/mol. The van der Waals surface area contributed by atoms with Crippen molar-refractivity contribution < 1.29 is 9.21 Å². The van der Waals surface area contributed by atoms with E-state index in [4.69, 9.17) is 4.42 Å². The van der Waals surface area contributed by atoms with Crippen LogP contribution in [0.4, 0.5) is 0 Å². The summed E-state index contributed by atoms with van der Waals surface area (Å²) in [6.45, 7) is 5.03. The number of hydrogen-bond donors (Lipinski definition) is 0. The molecule has 1 saturated heterocycles. The van der Waals surface area contributed by atoms with E-state index in [0.29, 0.717) is 11.6 Å². The van der Waals surface area contributed by atoms with Crippen molar-refractivity contribution >= 4 is 17.4 Å². The van der Waals surface area contributed by atoms with Crippen LogP contribution in [0.15, 0.2) is 21.9 Å². The van der Waals surface area contributed by atoms with Crippen LogP contribution >= 0.6 is 11.5 Å². The molecule has 0 aliphatic carbocycles. The van der Waals surface area contributed by atoms with Crippen molar-refractivity contribution in [3.05, 3.63) is 34.7 Å². The highest BCUT2D eigenvalue weighted by Gasteiger charge is 2.34. The predicted molar refractivity (Wildman–Crippen MR) is 80.2 cm³/mol. The molecule has 0 spiro atoms. The SMILES string of the molecule is CCc1ccc([C@@H]2C[C@@H](C)CCN2C(=O)c2csnn2)o1. The number of aromatic nitrogens is 2. The Morgan fingerprint density at radius 2 is 2.38 bits per heavy atom. The zero-order chi connectivity index (χ0) is 14.8. The van der Waals surface area contributed by atoms with Gasteiger partial charge in [-0.3, -0.25) is 4.79 Å². The minimum atomic E-state index is -0.0462. The maximum absolute atomic E-state index is 12.6. The number of carbonyl (C=O) groups excluding carboxylic acids is 1. The Morgan fingerprint density at radius 3 is 3.05 bits per heavy atom. The Morgan fingerprint density at radius 1 is 1.52 bits per heavy atom. The Bertz CT molecular complexity index is 608. The maximum Gasteiger partial charge on any atom is 0.275 e. The van der Waals surface area contributed by atoms with Crippen LogP contribution in [0.1, 0.15) is 54.7 Å². The number of carbonyl (C=O) groups is 1. The van der Waals surface area contributed by atoms with Crippen molar-refractivity contribution in [1.82, 2.24) is 14.5 Å². The van der Waals surface area contributed by atoms with E-state index in [0.717, 1.165) is 37.3 Å². The van der Waals surface area contributed by atoms with E-state index in [1.807, 2.05) is 17.0 Å². The number of aryl methyl sites for hydroxylation is 1. The molecule has 0 bridgehead atoms. The number of piperidine rings is 1. The number of rotatable bonds is 3. The third-order valence-electron chi connectivity index (χ3n) is 4.06. The molecule has 1 aliphatic heterocycles. The zero-order valence-electron chi connectivity index (χ0n) is 12.3. The molecule has 0 aromatic carbocycles. The molecule has 1 fully saturated rings. The first-order chi connectivity index (χ1) is 10.2. The third kappa shape index (κ3) is 2.85. The molecule has 21 heavy (non-hydrogen) atoms. The van der Waals surface area contributed by atoms with Crippen molar-refractivity contribution in [3.63, 3.8) is 0 Å². The first-order valence-electron chi connectivity index (χ1n) is 7.35. The fourth-order valence-electron chi connectivity index (χ4n) is 2.82. The number of nitrogens with zero attached hydrogens (tertiary/aromatic N) is 3. The van der Waals surface area contributed by atoms with Crippen LogP contribution in [0.3, 0.4) is 0 Å². The van der Waals surface area contributed by atoms with Crippen LogP contribution in [-0.2, 0) is 6.42 Å². The summed E-state index contributed by atoms with van der Waals surface area (Å²) < 4.78 is 9.68. The molecular formula is C15H19N3O2S. The van der Waals surface area contributed by atoms with Gasteiger partial charge in [-0.25, -0.2) is 0 Å². The third-order valence-corrected chi connectivity index (χ3v) is 4.57. The first-order valence-corrected chi connectivity index (χ1v) is 8.19. The molecule has 6 heteroatoms. The van der Waals surface area contributed by atoms with Crippen molar-refractivity contribution in [2.24, 2.45) is 5.92 Å². The van der Waals surface area contributed by atoms with Crippen LogP contribution in [0.5, 0.6) is 0 Å². The lowest BCUT2D eigenvalue weighted by Gasteiger charge is -2.37. The van der Waals surface area contributed by atoms with Crippen LogP contribution in [0.2, 0.25) is 0 Å². The molecule has 1 amide bonds. The molecule has 3 rings (SSSR count). The summed E-state index contributed by atoms with van der Waals surface area (Å²) in [6.07, 6.45) is 2.81. The summed E-state index contributed by atoms with van der Waals surface area (Å²) in [6, 6.07) is 4.01. The Hall–Kier alpha value is -1.69. The van der Waals surface area contributed by atoms with Crippen molar-refractivity contribution in [1.29, 1.82) is 0 Å². The van der Waals surface area contributed by atoms with Gasteiger partial charge in [-0.2, -0.15) is 0 Å². The number of hydrogen-bond acceptors (Lipinski definition) is 5. The van der Waals surface area contributed by atoms with Gasteiger partial charge in [0.15, 0.2) is 5.69 Å². The molecule has 3 heterocycles. The summed E-state index contributed by atoms with van der Waals surface area (Å²) in [7, 11) is 0. The van der Waals surface area contributed by atoms with Gasteiger partial charge >= 0.3 is 0 Å². The summed E-state index contributed by atoms with van der Waals surface area (Å²) in [5.41, 5.74) is 0.432. The highest BCUT2D eigenvalue weighted by Crippen LogP contribution is 2.35. The highest BCUT2D eigenvalue weighted by atomic mass is 32.1. The van der Waals surface area contributed by atoms with Crippen molar-refractivity contribution in [2.75, 3.05) is 6.54 Å². The first kappa shape index (κ1) is 14.3. The standard InChI is InChI=1S/C15H19N3O2S/c1-3-11-4-5-14(20-11)13-8-10(2)6-7-18(13)15(19)12-9-21-17-16-12/h4-5,9-10,13H,3,6-8H2,1-2H3/t10-,13-/m0/s1. The summed E-state index contributed by atoms with van der Waals surface area (Å²) in [5.74, 6) is 2.39. The lowest BCUT2D eigenvalue weighted by Crippen LogP contribution is -2.40. The molecule has 0 unspecified atom stereocenters. The van der Waals surface area contributed by atoms with Gasteiger partial charge in [0.25, 0.3) is 5.91 Å². The Balaban J connectivity index is 1.87. The fourth-order valence-corrected chi connectivity index (χ4v) is 3.25. The van der Waals surface area contributed by atoms with Gasteiger partial charge in [0.05, 0.1) is 6.04 Å².